The van der Waals surface area contributed by atoms with E-state index < -0.39 is 0 Å². The van der Waals surface area contributed by atoms with Crippen LogP contribution in [0.5, 0.6) is 0 Å². The van der Waals surface area contributed by atoms with E-state index in [0.717, 1.165) is 0 Å². The number of rotatable bonds is 36. The highest BCUT2D eigenvalue weighted by Gasteiger charge is 2.26. The molecule has 0 aliphatic carbocycles. The molecule has 0 N–H and O–H groups in total. The summed E-state index contributed by atoms with van der Waals surface area (Å²) in [7, 11) is 0. The van der Waals surface area contributed by atoms with Gasteiger partial charge in [0.1, 0.15) is 0 Å². The molecule has 0 aliphatic heterocycles. The maximum absolute atomic E-state index is 2.33. The summed E-state index contributed by atoms with van der Waals surface area (Å²) in [6, 6.07) is 0. The second-order valence-electron chi connectivity index (χ2n) is 17.0. The minimum atomic E-state index is 0. The molecule has 6 heteroatoms. The lowest BCUT2D eigenvalue weighted by atomic mass is 10.1. The van der Waals surface area contributed by atoms with Gasteiger partial charge in [-0.05, 0) is 77.0 Å². The first-order chi connectivity index (χ1) is 24.7. The van der Waals surface area contributed by atoms with E-state index in [1.54, 1.807) is 0 Å². The summed E-state index contributed by atoms with van der Waals surface area (Å²) < 4.78 is 4.26. The van der Waals surface area contributed by atoms with Gasteiger partial charge in [0, 0.05) is 0 Å². The van der Waals surface area contributed by atoms with Crippen molar-refractivity contribution in [3.05, 3.63) is 0 Å². The summed E-state index contributed by atoms with van der Waals surface area (Å²) >= 11 is 0. The smallest absolute Gasteiger partial charge is 0.0786 e. The van der Waals surface area contributed by atoms with Crippen molar-refractivity contribution in [3.8, 4) is 0 Å². The molecule has 54 heavy (non-hydrogen) atoms. The van der Waals surface area contributed by atoms with Crippen LogP contribution in [0, 0.1) is 0 Å². The third-order valence-electron chi connectivity index (χ3n) is 11.8. The van der Waals surface area contributed by atoms with Crippen molar-refractivity contribution in [2.24, 2.45) is 0 Å². The molecule has 3 nitrogen and oxygen atoms in total. The highest BCUT2D eigenvalue weighted by atomic mass is 127. The van der Waals surface area contributed by atoms with Crippen molar-refractivity contribution in [1.82, 2.24) is 0 Å². The molecule has 0 aromatic carbocycles. The standard InChI is InChI=1S/3C16H36N.3HI/c3*1-5-9-13-17(14-10-6-2,15-11-7-3)16-12-8-4;;;/h3*5-16H2,1-4H3;3*1H/q3*+1;;;/p-3. The molecule has 0 aromatic heterocycles. The zero-order chi connectivity index (χ0) is 39.0. The maximum Gasteiger partial charge on any atom is 0.0786 e. The predicted molar refractivity (Wildman–Crippen MR) is 238 cm³/mol. The summed E-state index contributed by atoms with van der Waals surface area (Å²) in [5.41, 5.74) is 0. The van der Waals surface area contributed by atoms with Crippen LogP contribution in [0.1, 0.15) is 237 Å². The van der Waals surface area contributed by atoms with Crippen molar-refractivity contribution in [2.45, 2.75) is 237 Å². The van der Waals surface area contributed by atoms with Gasteiger partial charge in [-0.3, -0.25) is 0 Å². The Morgan fingerprint density at radius 1 is 0.167 bits per heavy atom. The molecule has 0 saturated carbocycles. The molecule has 0 aromatic rings. The predicted octanol–water partition coefficient (Wildman–Crippen LogP) is 6.02. The molecular weight excluding hydrogens is 999 g/mol. The largest absolute Gasteiger partial charge is 1.00 e. The summed E-state index contributed by atoms with van der Waals surface area (Å²) in [5.74, 6) is 0. The summed E-state index contributed by atoms with van der Waals surface area (Å²) in [5, 5.41) is 0. The molecule has 0 radical (unpaired) electrons. The van der Waals surface area contributed by atoms with E-state index in [1.165, 1.54) is 246 Å². The quantitative estimate of drug-likeness (QED) is 0.0533. The fourth-order valence-corrected chi connectivity index (χ4v) is 7.93. The third-order valence-corrected chi connectivity index (χ3v) is 11.8. The second kappa shape index (κ2) is 51.2. The fraction of sp³-hybridized carbons (Fsp3) is 1.00. The molecule has 0 rings (SSSR count). The molecule has 336 valence electrons. The minimum absolute atomic E-state index is 0. The zero-order valence-electron chi connectivity index (χ0n) is 39.9. The molecule has 0 saturated heterocycles. The molecule has 0 unspecified atom stereocenters. The van der Waals surface area contributed by atoms with Crippen LogP contribution in [0.3, 0.4) is 0 Å². The number of nitrogens with zero attached hydrogens (tertiary/aromatic N) is 3. The molecular formula is C48H108I3N3. The lowest BCUT2D eigenvalue weighted by Gasteiger charge is -2.39. The lowest BCUT2D eigenvalue weighted by Crippen LogP contribution is -3.00. The Morgan fingerprint density at radius 2 is 0.241 bits per heavy atom. The number of halogens is 3. The van der Waals surface area contributed by atoms with E-state index in [1.807, 2.05) is 0 Å². The van der Waals surface area contributed by atoms with Gasteiger partial charge < -0.3 is 85.4 Å². The summed E-state index contributed by atoms with van der Waals surface area (Å²) in [4.78, 5) is 0. The highest BCUT2D eigenvalue weighted by molar-refractivity contribution is 4.52. The van der Waals surface area contributed by atoms with Crippen LogP contribution in [-0.4, -0.2) is 92.0 Å². The Kier molecular flexibility index (Phi) is 64.3. The first-order valence-corrected chi connectivity index (χ1v) is 24.3. The Labute approximate surface area is 397 Å². The first kappa shape index (κ1) is 67.8. The SMILES string of the molecule is CCCC[N+](CCCC)(CCCC)CCCC.CCCC[N+](CCCC)(CCCC)CCCC.CCCC[N+](CCCC)(CCCC)CCCC.[I-].[I-].[I-]. The fourth-order valence-electron chi connectivity index (χ4n) is 7.93. The molecule has 0 atom stereocenters. The Bertz CT molecular complexity index is 451. The number of hydrogen-bond donors (Lipinski definition) is 0. The van der Waals surface area contributed by atoms with E-state index >= 15 is 0 Å². The van der Waals surface area contributed by atoms with Gasteiger partial charge in [0.15, 0.2) is 0 Å². The normalized spacial score (nSPS) is 11.3. The monoisotopic (exact) mass is 1110 g/mol. The van der Waals surface area contributed by atoms with Crippen LogP contribution >= 0.6 is 0 Å². The average Bonchev–Trinajstić information content (AvgIpc) is 3.16. The van der Waals surface area contributed by atoms with E-state index in [4.69, 9.17) is 0 Å². The van der Waals surface area contributed by atoms with Crippen LogP contribution in [0.2, 0.25) is 0 Å². The van der Waals surface area contributed by atoms with E-state index in [9.17, 15) is 0 Å². The average molecular weight is 1110 g/mol. The van der Waals surface area contributed by atoms with Crippen LogP contribution in [0.4, 0.5) is 0 Å². The van der Waals surface area contributed by atoms with Gasteiger partial charge in [-0.25, -0.2) is 0 Å². The van der Waals surface area contributed by atoms with Crippen molar-refractivity contribution in [1.29, 1.82) is 0 Å². The van der Waals surface area contributed by atoms with E-state index in [2.05, 4.69) is 83.1 Å². The maximum atomic E-state index is 2.33. The van der Waals surface area contributed by atoms with E-state index in [-0.39, 0.29) is 71.9 Å². The molecule has 0 fully saturated rings. The summed E-state index contributed by atoms with van der Waals surface area (Å²) in [6.45, 7) is 45.1. The first-order valence-electron chi connectivity index (χ1n) is 24.3. The van der Waals surface area contributed by atoms with Crippen molar-refractivity contribution in [2.75, 3.05) is 78.5 Å². The topological polar surface area (TPSA) is 0 Å². The lowest BCUT2D eigenvalue weighted by molar-refractivity contribution is -0.929. The van der Waals surface area contributed by atoms with Gasteiger partial charge in [0.2, 0.25) is 0 Å². The molecule has 0 bridgehead atoms. The minimum Gasteiger partial charge on any atom is -1.00 e. The van der Waals surface area contributed by atoms with Crippen LogP contribution in [0.15, 0.2) is 0 Å². The van der Waals surface area contributed by atoms with Crippen LogP contribution < -0.4 is 71.9 Å². The van der Waals surface area contributed by atoms with Crippen molar-refractivity contribution >= 4 is 0 Å². The molecule has 0 aliphatic rings. The van der Waals surface area contributed by atoms with Gasteiger partial charge in [-0.2, -0.15) is 0 Å². The third kappa shape index (κ3) is 39.5. The van der Waals surface area contributed by atoms with Gasteiger partial charge in [0.25, 0.3) is 0 Å². The summed E-state index contributed by atoms with van der Waals surface area (Å²) in [6.07, 6.45) is 33.2. The highest BCUT2D eigenvalue weighted by Crippen LogP contribution is 2.19. The number of unbranched alkanes of at least 4 members (excludes halogenated alkanes) is 12. The van der Waals surface area contributed by atoms with Gasteiger partial charge >= 0.3 is 0 Å². The second-order valence-corrected chi connectivity index (χ2v) is 17.0. The Balaban J connectivity index is -0.000000156. The van der Waals surface area contributed by atoms with Crippen molar-refractivity contribution in [3.63, 3.8) is 0 Å². The molecule has 0 heterocycles. The molecule has 0 spiro atoms. The van der Waals surface area contributed by atoms with Crippen LogP contribution in [-0.2, 0) is 0 Å². The van der Waals surface area contributed by atoms with Gasteiger partial charge in [-0.15, -0.1) is 0 Å². The zero-order valence-corrected chi connectivity index (χ0v) is 46.4. The van der Waals surface area contributed by atoms with Gasteiger partial charge in [0.05, 0.1) is 78.5 Å². The van der Waals surface area contributed by atoms with Gasteiger partial charge in [-0.1, -0.05) is 160 Å². The number of hydrogen-bond acceptors (Lipinski definition) is 0. The Morgan fingerprint density at radius 3 is 0.296 bits per heavy atom. The van der Waals surface area contributed by atoms with Crippen molar-refractivity contribution < 1.29 is 85.4 Å². The Hall–Kier alpha value is 2.07. The van der Waals surface area contributed by atoms with Crippen LogP contribution in [0.25, 0.3) is 0 Å². The molecule has 0 amide bonds. The number of quaternary nitrogens is 3. The van der Waals surface area contributed by atoms with E-state index in [0.29, 0.717) is 0 Å².